The predicted octanol–water partition coefficient (Wildman–Crippen LogP) is 0.232. The van der Waals surface area contributed by atoms with Gasteiger partial charge in [0.2, 0.25) is 6.41 Å². The summed E-state index contributed by atoms with van der Waals surface area (Å²) in [6.07, 6.45) is 2.10. The van der Waals surface area contributed by atoms with Gasteiger partial charge in [-0.15, -0.1) is 0 Å². The molecule has 4 nitrogen and oxygen atoms in total. The summed E-state index contributed by atoms with van der Waals surface area (Å²) in [7, 11) is 0. The van der Waals surface area contributed by atoms with Crippen LogP contribution in [0.15, 0.2) is 18.3 Å². The molecule has 1 rings (SSSR count). The number of nitrogen functional groups attached to an aromatic ring is 1. The Morgan fingerprint density at radius 2 is 2.50 bits per heavy atom. The Balaban J connectivity index is 2.91. The maximum Gasteiger partial charge on any atom is 0.212 e. The third-order valence-electron chi connectivity index (χ3n) is 1.03. The predicted molar refractivity (Wildman–Crippen MR) is 38.3 cm³/mol. The molecule has 0 aliphatic rings. The van der Waals surface area contributed by atoms with Gasteiger partial charge in [-0.3, -0.25) is 4.79 Å². The summed E-state index contributed by atoms with van der Waals surface area (Å²) >= 11 is 0. The van der Waals surface area contributed by atoms with Gasteiger partial charge in [-0.2, -0.15) is 0 Å². The second kappa shape index (κ2) is 2.82. The van der Waals surface area contributed by atoms with Crippen molar-refractivity contribution in [3.8, 4) is 0 Å². The summed E-state index contributed by atoms with van der Waals surface area (Å²) in [4.78, 5) is 13.7. The molecular formula is C6H7N3O. The van der Waals surface area contributed by atoms with Gasteiger partial charge in [-0.25, -0.2) is 4.98 Å². The molecule has 1 amide bonds. The maximum atomic E-state index is 9.92. The van der Waals surface area contributed by atoms with Gasteiger partial charge in [0.25, 0.3) is 0 Å². The second-order valence-electron chi connectivity index (χ2n) is 1.70. The minimum Gasteiger partial charge on any atom is -0.396 e. The first-order chi connectivity index (χ1) is 4.84. The average Bonchev–Trinajstić information content (AvgIpc) is 1.94. The monoisotopic (exact) mass is 137 g/mol. The minimum absolute atomic E-state index is 0.400. The van der Waals surface area contributed by atoms with Crippen LogP contribution in [-0.4, -0.2) is 11.4 Å². The summed E-state index contributed by atoms with van der Waals surface area (Å²) < 4.78 is 0. The van der Waals surface area contributed by atoms with Gasteiger partial charge in [0.1, 0.15) is 0 Å². The van der Waals surface area contributed by atoms with Crippen LogP contribution in [0.5, 0.6) is 0 Å². The number of carbonyl (C=O) groups is 1. The van der Waals surface area contributed by atoms with Crippen molar-refractivity contribution < 1.29 is 4.79 Å². The van der Waals surface area contributed by atoms with Crippen LogP contribution in [0.2, 0.25) is 0 Å². The average molecular weight is 137 g/mol. The number of hydrogen-bond donors (Lipinski definition) is 2. The number of nitrogens with two attached hydrogens (primary N) is 1. The first-order valence-corrected chi connectivity index (χ1v) is 2.75. The molecule has 1 aromatic heterocycles. The summed E-state index contributed by atoms with van der Waals surface area (Å²) in [6.45, 7) is 0. The molecule has 0 saturated carbocycles. The number of hydrogen-bond acceptors (Lipinski definition) is 3. The van der Waals surface area contributed by atoms with Crippen LogP contribution in [-0.2, 0) is 4.79 Å². The zero-order valence-electron chi connectivity index (χ0n) is 5.24. The molecule has 4 heteroatoms. The zero-order valence-corrected chi connectivity index (χ0v) is 5.24. The Bertz CT molecular complexity index is 236. The normalized spacial score (nSPS) is 8.80. The lowest BCUT2D eigenvalue weighted by atomic mass is 10.4. The molecule has 0 atom stereocenters. The Morgan fingerprint density at radius 1 is 1.70 bits per heavy atom. The van der Waals surface area contributed by atoms with Crippen molar-refractivity contribution in [1.82, 2.24) is 4.98 Å². The summed E-state index contributed by atoms with van der Waals surface area (Å²) in [5.74, 6) is 0.400. The van der Waals surface area contributed by atoms with E-state index < -0.39 is 0 Å². The van der Waals surface area contributed by atoms with Crippen molar-refractivity contribution in [1.29, 1.82) is 0 Å². The van der Waals surface area contributed by atoms with Gasteiger partial charge in [0.15, 0.2) is 5.82 Å². The van der Waals surface area contributed by atoms with Crippen molar-refractivity contribution >= 4 is 17.9 Å². The highest BCUT2D eigenvalue weighted by Gasteiger charge is 1.93. The van der Waals surface area contributed by atoms with Crippen molar-refractivity contribution in [3.05, 3.63) is 18.3 Å². The highest BCUT2D eigenvalue weighted by molar-refractivity contribution is 5.76. The molecule has 52 valence electrons. The number of anilines is 2. The molecule has 0 unspecified atom stereocenters. The van der Waals surface area contributed by atoms with Crippen molar-refractivity contribution in [2.45, 2.75) is 0 Å². The molecule has 10 heavy (non-hydrogen) atoms. The summed E-state index contributed by atoms with van der Waals surface area (Å²) in [5.41, 5.74) is 5.89. The molecule has 0 bridgehead atoms. The Kier molecular flexibility index (Phi) is 1.84. The van der Waals surface area contributed by atoms with Gasteiger partial charge < -0.3 is 11.1 Å². The van der Waals surface area contributed by atoms with Crippen LogP contribution < -0.4 is 11.1 Å². The fraction of sp³-hybridized carbons (Fsp3) is 0. The van der Waals surface area contributed by atoms with E-state index in [-0.39, 0.29) is 0 Å². The second-order valence-corrected chi connectivity index (χ2v) is 1.70. The van der Waals surface area contributed by atoms with E-state index in [1.165, 1.54) is 0 Å². The number of nitrogens with one attached hydrogen (secondary N) is 1. The first kappa shape index (κ1) is 6.54. The standard InChI is InChI=1S/C6H7N3O/c7-5-2-1-3-8-6(5)9-4-10/h1-4H,7H2,(H,8,9,10). The summed E-state index contributed by atoms with van der Waals surface area (Å²) in [6, 6.07) is 3.37. The molecule has 0 aliphatic carbocycles. The van der Waals surface area contributed by atoms with Gasteiger partial charge in [-0.1, -0.05) is 0 Å². The smallest absolute Gasteiger partial charge is 0.212 e. The first-order valence-electron chi connectivity index (χ1n) is 2.75. The van der Waals surface area contributed by atoms with Gasteiger partial charge in [0.05, 0.1) is 5.69 Å². The lowest BCUT2D eigenvalue weighted by molar-refractivity contribution is -0.105. The molecule has 0 spiro atoms. The van der Waals surface area contributed by atoms with E-state index in [1.807, 2.05) is 0 Å². The van der Waals surface area contributed by atoms with E-state index in [0.29, 0.717) is 17.9 Å². The number of nitrogens with zero attached hydrogens (tertiary/aromatic N) is 1. The van der Waals surface area contributed by atoms with Gasteiger partial charge >= 0.3 is 0 Å². The maximum absolute atomic E-state index is 9.92. The molecular weight excluding hydrogens is 130 g/mol. The van der Waals surface area contributed by atoms with E-state index in [0.717, 1.165) is 0 Å². The Morgan fingerprint density at radius 3 is 3.10 bits per heavy atom. The van der Waals surface area contributed by atoms with Crippen LogP contribution >= 0.6 is 0 Å². The molecule has 1 aromatic rings. The minimum atomic E-state index is 0.400. The number of carbonyl (C=O) groups excluding carboxylic acids is 1. The Hall–Kier alpha value is -1.58. The van der Waals surface area contributed by atoms with E-state index in [4.69, 9.17) is 5.73 Å². The third-order valence-corrected chi connectivity index (χ3v) is 1.03. The number of pyridine rings is 1. The Labute approximate surface area is 58.1 Å². The van der Waals surface area contributed by atoms with Crippen LogP contribution in [0.1, 0.15) is 0 Å². The lowest BCUT2D eigenvalue weighted by Crippen LogP contribution is -2.00. The van der Waals surface area contributed by atoms with Crippen LogP contribution in [0.25, 0.3) is 0 Å². The SMILES string of the molecule is Nc1cccnc1NC=O. The molecule has 0 radical (unpaired) electrons. The number of rotatable bonds is 2. The van der Waals surface area contributed by atoms with E-state index in [1.54, 1.807) is 18.3 Å². The molecule has 0 fully saturated rings. The zero-order chi connectivity index (χ0) is 7.40. The third kappa shape index (κ3) is 1.22. The highest BCUT2D eigenvalue weighted by Crippen LogP contribution is 2.10. The molecule has 0 aliphatic heterocycles. The number of aromatic nitrogens is 1. The molecule has 0 saturated heterocycles. The van der Waals surface area contributed by atoms with E-state index in [9.17, 15) is 4.79 Å². The molecule has 0 aromatic carbocycles. The number of amides is 1. The molecule has 1 heterocycles. The van der Waals surface area contributed by atoms with Gasteiger partial charge in [0, 0.05) is 6.20 Å². The van der Waals surface area contributed by atoms with Crippen LogP contribution in [0.3, 0.4) is 0 Å². The lowest BCUT2D eigenvalue weighted by Gasteiger charge is -1.98. The van der Waals surface area contributed by atoms with Crippen LogP contribution in [0.4, 0.5) is 11.5 Å². The van der Waals surface area contributed by atoms with Gasteiger partial charge in [-0.05, 0) is 12.1 Å². The fourth-order valence-corrected chi connectivity index (χ4v) is 0.594. The quantitative estimate of drug-likeness (QED) is 0.573. The molecule has 3 N–H and O–H groups in total. The van der Waals surface area contributed by atoms with Crippen molar-refractivity contribution in [2.24, 2.45) is 0 Å². The van der Waals surface area contributed by atoms with Crippen molar-refractivity contribution in [2.75, 3.05) is 11.1 Å². The topological polar surface area (TPSA) is 68.0 Å². The van der Waals surface area contributed by atoms with Crippen LogP contribution in [0, 0.1) is 0 Å². The fourth-order valence-electron chi connectivity index (χ4n) is 0.594. The van der Waals surface area contributed by atoms with E-state index in [2.05, 4.69) is 10.3 Å². The van der Waals surface area contributed by atoms with Crippen molar-refractivity contribution in [3.63, 3.8) is 0 Å². The highest BCUT2D eigenvalue weighted by atomic mass is 16.1. The summed E-state index contributed by atoms with van der Waals surface area (Å²) in [5, 5.41) is 2.36. The van der Waals surface area contributed by atoms with E-state index >= 15 is 0 Å². The largest absolute Gasteiger partial charge is 0.396 e.